The zero-order valence-electron chi connectivity index (χ0n) is 11.9. The molecule has 0 saturated carbocycles. The number of aromatic nitrogens is 1. The topological polar surface area (TPSA) is 59.9 Å². The number of fused-ring (bicyclic) bond motifs is 1. The second-order valence-electron chi connectivity index (χ2n) is 5.03. The van der Waals surface area contributed by atoms with Crippen LogP contribution in [0.25, 0.3) is 10.9 Å². The Morgan fingerprint density at radius 2 is 2.20 bits per heavy atom. The van der Waals surface area contributed by atoms with Crippen LogP contribution in [-0.4, -0.2) is 35.3 Å². The van der Waals surface area contributed by atoms with Crippen molar-refractivity contribution < 1.29 is 4.79 Å². The third-order valence-corrected chi connectivity index (χ3v) is 3.46. The first-order chi connectivity index (χ1) is 9.65. The van der Waals surface area contributed by atoms with E-state index in [-0.39, 0.29) is 11.7 Å². The lowest BCUT2D eigenvalue weighted by Gasteiger charge is -2.20. The number of Topliss-reactive ketones (excluding diaryl/α,β-unsaturated/α-hetero) is 1. The number of ketones is 1. The van der Waals surface area contributed by atoms with Gasteiger partial charge in [-0.2, -0.15) is 5.26 Å². The van der Waals surface area contributed by atoms with Crippen LogP contribution in [0.15, 0.2) is 30.5 Å². The third-order valence-electron chi connectivity index (χ3n) is 3.46. The molecule has 0 aliphatic rings. The molecular weight excluding hydrogens is 250 g/mol. The maximum atomic E-state index is 12.4. The Balaban J connectivity index is 2.13. The molecule has 1 unspecified atom stereocenters. The molecule has 104 valence electrons. The number of nitriles is 1. The Morgan fingerprint density at radius 3 is 2.90 bits per heavy atom. The highest BCUT2D eigenvalue weighted by Crippen LogP contribution is 2.18. The van der Waals surface area contributed by atoms with Gasteiger partial charge in [0.25, 0.3) is 0 Å². The molecule has 2 rings (SSSR count). The molecule has 0 amide bonds. The summed E-state index contributed by atoms with van der Waals surface area (Å²) in [4.78, 5) is 17.5. The summed E-state index contributed by atoms with van der Waals surface area (Å²) in [5, 5.41) is 9.83. The number of benzene rings is 1. The summed E-state index contributed by atoms with van der Waals surface area (Å²) in [6, 6.07) is 10.00. The smallest absolute Gasteiger partial charge is 0.178 e. The molecule has 4 nitrogen and oxygen atoms in total. The van der Waals surface area contributed by atoms with Gasteiger partial charge in [-0.15, -0.1) is 0 Å². The number of carbonyl (C=O) groups is 1. The van der Waals surface area contributed by atoms with E-state index in [4.69, 9.17) is 5.26 Å². The highest BCUT2D eigenvalue weighted by atomic mass is 16.1. The number of likely N-dealkylation sites (N-methyl/N-ethyl adjacent to an activating group) is 1. The van der Waals surface area contributed by atoms with E-state index < -0.39 is 0 Å². The van der Waals surface area contributed by atoms with Gasteiger partial charge in [0.1, 0.15) is 0 Å². The molecule has 0 saturated heterocycles. The first kappa shape index (κ1) is 14.3. The van der Waals surface area contributed by atoms with Crippen molar-refractivity contribution in [3.8, 4) is 6.07 Å². The van der Waals surface area contributed by atoms with Gasteiger partial charge in [0, 0.05) is 29.2 Å². The molecule has 2 aromatic rings. The standard InChI is InChI=1S/C16H19N3O/c1-3-19(10-12(2)8-17)11-16(20)14-9-18-15-7-5-4-6-13(14)15/h4-7,9,12,18H,3,10-11H2,1-2H3. The van der Waals surface area contributed by atoms with Crippen LogP contribution >= 0.6 is 0 Å². The average molecular weight is 269 g/mol. The molecule has 0 aliphatic carbocycles. The van der Waals surface area contributed by atoms with E-state index in [1.165, 1.54) is 0 Å². The number of carbonyl (C=O) groups excluding carboxylic acids is 1. The van der Waals surface area contributed by atoms with Crippen molar-refractivity contribution in [3.05, 3.63) is 36.0 Å². The van der Waals surface area contributed by atoms with Gasteiger partial charge in [-0.3, -0.25) is 9.69 Å². The van der Waals surface area contributed by atoms with Crippen LogP contribution in [0.2, 0.25) is 0 Å². The van der Waals surface area contributed by atoms with Crippen molar-refractivity contribution in [2.24, 2.45) is 5.92 Å². The Labute approximate surface area is 119 Å². The SMILES string of the molecule is CCN(CC(=O)c1c[nH]c2ccccc12)CC(C)C#N. The van der Waals surface area contributed by atoms with Crippen LogP contribution in [0, 0.1) is 17.2 Å². The predicted molar refractivity (Wildman–Crippen MR) is 79.5 cm³/mol. The van der Waals surface area contributed by atoms with Crippen LogP contribution in [0.5, 0.6) is 0 Å². The molecule has 0 fully saturated rings. The Kier molecular flexibility index (Phi) is 4.54. The van der Waals surface area contributed by atoms with E-state index in [0.717, 1.165) is 23.0 Å². The second-order valence-corrected chi connectivity index (χ2v) is 5.03. The number of rotatable bonds is 6. The number of hydrogen-bond donors (Lipinski definition) is 1. The number of nitrogens with zero attached hydrogens (tertiary/aromatic N) is 2. The molecule has 0 aliphatic heterocycles. The van der Waals surface area contributed by atoms with Gasteiger partial charge in [-0.1, -0.05) is 25.1 Å². The summed E-state index contributed by atoms with van der Waals surface area (Å²) in [7, 11) is 0. The van der Waals surface area contributed by atoms with Crippen LogP contribution in [-0.2, 0) is 0 Å². The predicted octanol–water partition coefficient (Wildman–Crippen LogP) is 2.83. The molecule has 1 heterocycles. The van der Waals surface area contributed by atoms with Gasteiger partial charge >= 0.3 is 0 Å². The zero-order valence-corrected chi connectivity index (χ0v) is 11.9. The fraction of sp³-hybridized carbons (Fsp3) is 0.375. The molecule has 1 N–H and O–H groups in total. The van der Waals surface area contributed by atoms with E-state index in [1.54, 1.807) is 6.20 Å². The van der Waals surface area contributed by atoms with Crippen LogP contribution in [0.1, 0.15) is 24.2 Å². The van der Waals surface area contributed by atoms with Gasteiger partial charge in [-0.05, 0) is 19.5 Å². The number of aromatic amines is 1. The monoisotopic (exact) mass is 269 g/mol. The van der Waals surface area contributed by atoms with Gasteiger partial charge in [-0.25, -0.2) is 0 Å². The molecule has 0 radical (unpaired) electrons. The summed E-state index contributed by atoms with van der Waals surface area (Å²) in [5.74, 6) is 0.0279. The number of nitrogens with one attached hydrogen (secondary N) is 1. The van der Waals surface area contributed by atoms with Crippen molar-refractivity contribution in [2.75, 3.05) is 19.6 Å². The van der Waals surface area contributed by atoms with Crippen LogP contribution in [0.4, 0.5) is 0 Å². The van der Waals surface area contributed by atoms with E-state index in [0.29, 0.717) is 13.1 Å². The summed E-state index contributed by atoms with van der Waals surface area (Å²) in [6.07, 6.45) is 1.77. The summed E-state index contributed by atoms with van der Waals surface area (Å²) in [6.45, 7) is 5.62. The maximum Gasteiger partial charge on any atom is 0.178 e. The van der Waals surface area contributed by atoms with Gasteiger partial charge in [0.2, 0.25) is 0 Å². The fourth-order valence-electron chi connectivity index (χ4n) is 2.32. The Morgan fingerprint density at radius 1 is 1.45 bits per heavy atom. The zero-order chi connectivity index (χ0) is 14.5. The van der Waals surface area contributed by atoms with Crippen LogP contribution in [0.3, 0.4) is 0 Å². The van der Waals surface area contributed by atoms with E-state index in [1.807, 2.05) is 43.0 Å². The minimum atomic E-state index is -0.0641. The Bertz CT molecular complexity index is 638. The molecule has 20 heavy (non-hydrogen) atoms. The highest BCUT2D eigenvalue weighted by molar-refractivity contribution is 6.08. The lowest BCUT2D eigenvalue weighted by molar-refractivity contribution is 0.0931. The quantitative estimate of drug-likeness (QED) is 0.820. The molecule has 0 bridgehead atoms. The van der Waals surface area contributed by atoms with Crippen molar-refractivity contribution >= 4 is 16.7 Å². The lowest BCUT2D eigenvalue weighted by atomic mass is 10.1. The molecule has 1 aromatic heterocycles. The second kappa shape index (κ2) is 6.36. The minimum absolute atomic E-state index is 0.0641. The van der Waals surface area contributed by atoms with E-state index in [2.05, 4.69) is 11.1 Å². The number of para-hydroxylation sites is 1. The minimum Gasteiger partial charge on any atom is -0.360 e. The molecule has 1 atom stereocenters. The molecule has 0 spiro atoms. The number of H-pyrrole nitrogens is 1. The number of hydrogen-bond acceptors (Lipinski definition) is 3. The summed E-state index contributed by atoms with van der Waals surface area (Å²) >= 11 is 0. The van der Waals surface area contributed by atoms with Gasteiger partial charge < -0.3 is 4.98 Å². The van der Waals surface area contributed by atoms with Gasteiger partial charge in [0.15, 0.2) is 5.78 Å². The largest absolute Gasteiger partial charge is 0.360 e. The van der Waals surface area contributed by atoms with Crippen molar-refractivity contribution in [1.29, 1.82) is 5.26 Å². The summed E-state index contributed by atoms with van der Waals surface area (Å²) < 4.78 is 0. The normalized spacial score (nSPS) is 12.5. The van der Waals surface area contributed by atoms with E-state index >= 15 is 0 Å². The average Bonchev–Trinajstić information content (AvgIpc) is 2.90. The van der Waals surface area contributed by atoms with Crippen LogP contribution < -0.4 is 0 Å². The highest BCUT2D eigenvalue weighted by Gasteiger charge is 2.16. The van der Waals surface area contributed by atoms with E-state index in [9.17, 15) is 4.79 Å². The molecule has 1 aromatic carbocycles. The lowest BCUT2D eigenvalue weighted by Crippen LogP contribution is -2.33. The molecular formula is C16H19N3O. The van der Waals surface area contributed by atoms with Gasteiger partial charge in [0.05, 0.1) is 18.5 Å². The maximum absolute atomic E-state index is 12.4. The van der Waals surface area contributed by atoms with Crippen molar-refractivity contribution in [3.63, 3.8) is 0 Å². The fourth-order valence-corrected chi connectivity index (χ4v) is 2.32. The van der Waals surface area contributed by atoms with Crippen molar-refractivity contribution in [2.45, 2.75) is 13.8 Å². The summed E-state index contributed by atoms with van der Waals surface area (Å²) in [5.41, 5.74) is 1.70. The van der Waals surface area contributed by atoms with Crippen molar-refractivity contribution in [1.82, 2.24) is 9.88 Å². The third kappa shape index (κ3) is 3.06. The Hall–Kier alpha value is -2.12. The molecule has 4 heteroatoms. The first-order valence-electron chi connectivity index (χ1n) is 6.87. The first-order valence-corrected chi connectivity index (χ1v) is 6.87.